The molecule has 0 aliphatic carbocycles. The summed E-state index contributed by atoms with van der Waals surface area (Å²) in [4.78, 5) is 21.2. The van der Waals surface area contributed by atoms with Gasteiger partial charge in [-0.15, -0.1) is 0 Å². The van der Waals surface area contributed by atoms with Crippen LogP contribution in [0.3, 0.4) is 0 Å². The van der Waals surface area contributed by atoms with E-state index in [1.54, 1.807) is 24.3 Å². The van der Waals surface area contributed by atoms with Gasteiger partial charge in [0.2, 0.25) is 5.89 Å². The number of carbonyl (C=O) groups is 1. The summed E-state index contributed by atoms with van der Waals surface area (Å²) in [5.41, 5.74) is 0.673. The fraction of sp³-hybridized carbons (Fsp3) is 0.500. The molecule has 6 nitrogen and oxygen atoms in total. The molecule has 1 aliphatic rings. The summed E-state index contributed by atoms with van der Waals surface area (Å²) in [7, 11) is 0. The topological polar surface area (TPSA) is 62.5 Å². The first-order valence-electron chi connectivity index (χ1n) is 8.70. The van der Waals surface area contributed by atoms with E-state index >= 15 is 0 Å². The summed E-state index contributed by atoms with van der Waals surface area (Å²) < 4.78 is 5.39. The molecule has 134 valence electrons. The van der Waals surface area contributed by atoms with Crippen LogP contribution in [0.4, 0.5) is 0 Å². The van der Waals surface area contributed by atoms with E-state index in [9.17, 15) is 4.79 Å². The van der Waals surface area contributed by atoms with Crippen molar-refractivity contribution in [2.24, 2.45) is 0 Å². The lowest BCUT2D eigenvalue weighted by Gasteiger charge is -2.36. The van der Waals surface area contributed by atoms with Crippen molar-refractivity contribution in [1.29, 1.82) is 0 Å². The second-order valence-corrected chi connectivity index (χ2v) is 6.75. The Morgan fingerprint density at radius 1 is 1.24 bits per heavy atom. The standard InChI is InChI=1S/C18H23ClN4O2/c1-3-4-16-20-17(25-21-16)13(2)22-9-11-23(12-10-22)18(24)14-5-7-15(19)8-6-14/h5-8,13H,3-4,9-12H2,1-2H3. The number of aromatic nitrogens is 2. The van der Waals surface area contributed by atoms with Crippen LogP contribution >= 0.6 is 11.6 Å². The fourth-order valence-corrected chi connectivity index (χ4v) is 3.13. The van der Waals surface area contributed by atoms with Gasteiger partial charge in [-0.2, -0.15) is 4.98 Å². The van der Waals surface area contributed by atoms with Gasteiger partial charge in [0.05, 0.1) is 6.04 Å². The van der Waals surface area contributed by atoms with Crippen molar-refractivity contribution in [2.45, 2.75) is 32.7 Å². The number of hydrogen-bond donors (Lipinski definition) is 0. The zero-order valence-electron chi connectivity index (χ0n) is 14.6. The number of nitrogens with zero attached hydrogens (tertiary/aromatic N) is 4. The smallest absolute Gasteiger partial charge is 0.253 e. The van der Waals surface area contributed by atoms with Crippen LogP contribution in [0.5, 0.6) is 0 Å². The summed E-state index contributed by atoms with van der Waals surface area (Å²) in [5.74, 6) is 1.47. The molecule has 3 rings (SSSR count). The summed E-state index contributed by atoms with van der Waals surface area (Å²) >= 11 is 5.88. The van der Waals surface area contributed by atoms with Gasteiger partial charge in [0.1, 0.15) is 0 Å². The van der Waals surface area contributed by atoms with Crippen LogP contribution in [-0.2, 0) is 6.42 Å². The molecule has 0 spiro atoms. The normalized spacial score (nSPS) is 16.8. The molecule has 2 aromatic rings. The van der Waals surface area contributed by atoms with E-state index in [0.29, 0.717) is 29.6 Å². The molecule has 0 bridgehead atoms. The third-order valence-electron chi connectivity index (χ3n) is 4.56. The van der Waals surface area contributed by atoms with Crippen molar-refractivity contribution in [3.8, 4) is 0 Å². The number of carbonyl (C=O) groups excluding carboxylic acids is 1. The highest BCUT2D eigenvalue weighted by molar-refractivity contribution is 6.30. The first kappa shape index (κ1) is 17.9. The van der Waals surface area contributed by atoms with Crippen molar-refractivity contribution < 1.29 is 9.32 Å². The lowest BCUT2D eigenvalue weighted by atomic mass is 10.1. The van der Waals surface area contributed by atoms with Gasteiger partial charge in [-0.25, -0.2) is 0 Å². The Morgan fingerprint density at radius 3 is 2.56 bits per heavy atom. The highest BCUT2D eigenvalue weighted by atomic mass is 35.5. The molecule has 1 amide bonds. The van der Waals surface area contributed by atoms with Gasteiger partial charge in [-0.1, -0.05) is 23.7 Å². The maximum absolute atomic E-state index is 12.6. The monoisotopic (exact) mass is 362 g/mol. The predicted molar refractivity (Wildman–Crippen MR) is 95.6 cm³/mol. The van der Waals surface area contributed by atoms with E-state index in [-0.39, 0.29) is 11.9 Å². The molecule has 2 heterocycles. The van der Waals surface area contributed by atoms with E-state index in [4.69, 9.17) is 16.1 Å². The Labute approximate surface area is 152 Å². The molecule has 1 saturated heterocycles. The third-order valence-corrected chi connectivity index (χ3v) is 4.81. The summed E-state index contributed by atoms with van der Waals surface area (Å²) in [5, 5.41) is 4.66. The van der Waals surface area contributed by atoms with Crippen molar-refractivity contribution in [1.82, 2.24) is 19.9 Å². The number of benzene rings is 1. The average molecular weight is 363 g/mol. The molecule has 1 fully saturated rings. The lowest BCUT2D eigenvalue weighted by Crippen LogP contribution is -2.49. The molecule has 25 heavy (non-hydrogen) atoms. The SMILES string of the molecule is CCCc1noc(C(C)N2CCN(C(=O)c3ccc(Cl)cc3)CC2)n1. The molecule has 7 heteroatoms. The number of halogens is 1. The van der Waals surface area contributed by atoms with Crippen molar-refractivity contribution >= 4 is 17.5 Å². The van der Waals surface area contributed by atoms with E-state index in [1.807, 2.05) is 4.90 Å². The molecule has 0 saturated carbocycles. The fourth-order valence-electron chi connectivity index (χ4n) is 3.01. The van der Waals surface area contributed by atoms with E-state index < -0.39 is 0 Å². The molecule has 1 aromatic heterocycles. The van der Waals surface area contributed by atoms with Gasteiger partial charge in [-0.3, -0.25) is 9.69 Å². The van der Waals surface area contributed by atoms with E-state index in [2.05, 4.69) is 28.9 Å². The molecule has 1 atom stereocenters. The van der Waals surface area contributed by atoms with Gasteiger partial charge < -0.3 is 9.42 Å². The van der Waals surface area contributed by atoms with Crippen LogP contribution in [0, 0.1) is 0 Å². The largest absolute Gasteiger partial charge is 0.338 e. The molecule has 1 aromatic carbocycles. The summed E-state index contributed by atoms with van der Waals surface area (Å²) in [6, 6.07) is 7.10. The number of piperazine rings is 1. The number of aryl methyl sites for hydroxylation is 1. The molecule has 1 unspecified atom stereocenters. The predicted octanol–water partition coefficient (Wildman–Crippen LogP) is 3.19. The Hall–Kier alpha value is -1.92. The first-order chi connectivity index (χ1) is 12.1. The van der Waals surface area contributed by atoms with Crippen LogP contribution in [0.15, 0.2) is 28.8 Å². The van der Waals surface area contributed by atoms with Crippen LogP contribution in [0.2, 0.25) is 5.02 Å². The van der Waals surface area contributed by atoms with Crippen LogP contribution in [0.25, 0.3) is 0 Å². The van der Waals surface area contributed by atoms with Crippen molar-refractivity contribution in [3.05, 3.63) is 46.6 Å². The second kappa shape index (κ2) is 7.97. The first-order valence-corrected chi connectivity index (χ1v) is 9.07. The van der Waals surface area contributed by atoms with Gasteiger partial charge >= 0.3 is 0 Å². The van der Waals surface area contributed by atoms with Crippen LogP contribution in [-0.4, -0.2) is 52.0 Å². The second-order valence-electron chi connectivity index (χ2n) is 6.31. The Balaban J connectivity index is 1.57. The Morgan fingerprint density at radius 2 is 1.92 bits per heavy atom. The van der Waals surface area contributed by atoms with Gasteiger partial charge in [-0.05, 0) is 37.6 Å². The minimum Gasteiger partial charge on any atom is -0.338 e. The molecular weight excluding hydrogens is 340 g/mol. The highest BCUT2D eigenvalue weighted by Crippen LogP contribution is 2.21. The van der Waals surface area contributed by atoms with Crippen LogP contribution in [0.1, 0.15) is 48.4 Å². The van der Waals surface area contributed by atoms with Gasteiger partial charge in [0, 0.05) is 43.2 Å². The van der Waals surface area contributed by atoms with E-state index in [0.717, 1.165) is 31.8 Å². The van der Waals surface area contributed by atoms with Crippen molar-refractivity contribution in [2.75, 3.05) is 26.2 Å². The minimum atomic E-state index is 0.0481. The average Bonchev–Trinajstić information content (AvgIpc) is 3.10. The van der Waals surface area contributed by atoms with Gasteiger partial charge in [0.15, 0.2) is 5.82 Å². The zero-order chi connectivity index (χ0) is 17.8. The Bertz CT molecular complexity index is 708. The number of rotatable bonds is 5. The zero-order valence-corrected chi connectivity index (χ0v) is 15.4. The summed E-state index contributed by atoms with van der Waals surface area (Å²) in [6.45, 7) is 7.10. The molecule has 0 N–H and O–H groups in total. The minimum absolute atomic E-state index is 0.0481. The van der Waals surface area contributed by atoms with Crippen molar-refractivity contribution in [3.63, 3.8) is 0 Å². The summed E-state index contributed by atoms with van der Waals surface area (Å²) in [6.07, 6.45) is 1.83. The maximum atomic E-state index is 12.6. The maximum Gasteiger partial charge on any atom is 0.253 e. The quantitative estimate of drug-likeness (QED) is 0.817. The lowest BCUT2D eigenvalue weighted by molar-refractivity contribution is 0.0551. The van der Waals surface area contributed by atoms with Gasteiger partial charge in [0.25, 0.3) is 5.91 Å². The third kappa shape index (κ3) is 4.19. The van der Waals surface area contributed by atoms with E-state index in [1.165, 1.54) is 0 Å². The molecular formula is C18H23ClN4O2. The van der Waals surface area contributed by atoms with Crippen LogP contribution < -0.4 is 0 Å². The Kier molecular flexibility index (Phi) is 5.71. The highest BCUT2D eigenvalue weighted by Gasteiger charge is 2.28. The number of hydrogen-bond acceptors (Lipinski definition) is 5. The number of amides is 1. The molecule has 1 aliphatic heterocycles. The molecule has 0 radical (unpaired) electrons.